The Morgan fingerprint density at radius 1 is 1.29 bits per heavy atom. The smallest absolute Gasteiger partial charge is 0.261 e. The average Bonchev–Trinajstić information content (AvgIpc) is 3.14. The maximum atomic E-state index is 12.3. The van der Waals surface area contributed by atoms with E-state index in [-0.39, 0.29) is 4.90 Å². The molecule has 0 saturated heterocycles. The molecule has 1 saturated carbocycles. The minimum atomic E-state index is -3.58. The first-order valence-corrected chi connectivity index (χ1v) is 9.42. The van der Waals surface area contributed by atoms with Crippen LogP contribution in [0.15, 0.2) is 39.9 Å². The van der Waals surface area contributed by atoms with Crippen LogP contribution < -0.4 is 10.0 Å². The molecule has 4 nitrogen and oxygen atoms in total. The zero-order chi connectivity index (χ0) is 14.9. The van der Waals surface area contributed by atoms with Crippen molar-refractivity contribution in [2.75, 3.05) is 4.72 Å². The van der Waals surface area contributed by atoms with E-state index in [1.807, 2.05) is 5.38 Å². The fourth-order valence-corrected chi connectivity index (χ4v) is 3.88. The highest BCUT2D eigenvalue weighted by atomic mass is 35.5. The van der Waals surface area contributed by atoms with Crippen molar-refractivity contribution in [2.45, 2.75) is 30.3 Å². The van der Waals surface area contributed by atoms with Crippen molar-refractivity contribution in [3.05, 3.63) is 45.6 Å². The van der Waals surface area contributed by atoms with E-state index in [2.05, 4.69) is 10.0 Å². The number of thiophene rings is 1. The molecule has 0 unspecified atom stereocenters. The largest absolute Gasteiger partial charge is 0.310 e. The number of hydrogen-bond acceptors (Lipinski definition) is 4. The molecule has 7 heteroatoms. The zero-order valence-corrected chi connectivity index (χ0v) is 13.6. The third-order valence-corrected chi connectivity index (χ3v) is 5.69. The summed E-state index contributed by atoms with van der Waals surface area (Å²) in [6, 6.07) is 7.07. The van der Waals surface area contributed by atoms with E-state index >= 15 is 0 Å². The van der Waals surface area contributed by atoms with E-state index in [0.29, 0.717) is 23.3 Å². The van der Waals surface area contributed by atoms with Crippen LogP contribution in [0.25, 0.3) is 0 Å². The van der Waals surface area contributed by atoms with Crippen molar-refractivity contribution >= 4 is 38.6 Å². The molecular formula is C14H15ClN2O2S2. The molecule has 0 spiro atoms. The van der Waals surface area contributed by atoms with Crippen LogP contribution in [0.3, 0.4) is 0 Å². The SMILES string of the molecule is O=S(=O)(Nc1ccsc1)c1ccc(Cl)c(CNC2CC2)c1. The lowest BCUT2D eigenvalue weighted by atomic mass is 10.2. The number of hydrogen-bond donors (Lipinski definition) is 2. The summed E-state index contributed by atoms with van der Waals surface area (Å²) in [7, 11) is -3.58. The molecule has 21 heavy (non-hydrogen) atoms. The van der Waals surface area contributed by atoms with Crippen LogP contribution in [-0.2, 0) is 16.6 Å². The Kier molecular flexibility index (Phi) is 4.21. The fraction of sp³-hybridized carbons (Fsp3) is 0.286. The highest BCUT2D eigenvalue weighted by Crippen LogP contribution is 2.25. The summed E-state index contributed by atoms with van der Waals surface area (Å²) in [6.07, 6.45) is 2.35. The minimum absolute atomic E-state index is 0.227. The molecule has 1 aromatic heterocycles. The van der Waals surface area contributed by atoms with Gasteiger partial charge in [0.15, 0.2) is 0 Å². The number of benzene rings is 1. The predicted octanol–water partition coefficient (Wildman–Crippen LogP) is 3.45. The monoisotopic (exact) mass is 342 g/mol. The van der Waals surface area contributed by atoms with Crippen molar-refractivity contribution in [1.82, 2.24) is 5.32 Å². The van der Waals surface area contributed by atoms with E-state index in [9.17, 15) is 8.42 Å². The van der Waals surface area contributed by atoms with Crippen LogP contribution in [0, 0.1) is 0 Å². The van der Waals surface area contributed by atoms with E-state index in [1.54, 1.807) is 23.6 Å². The zero-order valence-electron chi connectivity index (χ0n) is 11.2. The molecule has 0 atom stereocenters. The van der Waals surface area contributed by atoms with Crippen LogP contribution in [0.5, 0.6) is 0 Å². The Hall–Kier alpha value is -1.08. The van der Waals surface area contributed by atoms with E-state index in [0.717, 1.165) is 5.56 Å². The van der Waals surface area contributed by atoms with Gasteiger partial charge in [-0.1, -0.05) is 11.6 Å². The van der Waals surface area contributed by atoms with Gasteiger partial charge >= 0.3 is 0 Å². The molecule has 0 bridgehead atoms. The molecule has 1 aliphatic carbocycles. The third kappa shape index (κ3) is 3.77. The Labute approximate surface area is 133 Å². The van der Waals surface area contributed by atoms with Crippen molar-refractivity contribution in [1.29, 1.82) is 0 Å². The van der Waals surface area contributed by atoms with Crippen LogP contribution in [-0.4, -0.2) is 14.5 Å². The van der Waals surface area contributed by atoms with E-state index < -0.39 is 10.0 Å². The molecular weight excluding hydrogens is 328 g/mol. The summed E-state index contributed by atoms with van der Waals surface area (Å²) >= 11 is 7.58. The van der Waals surface area contributed by atoms with Crippen LogP contribution >= 0.6 is 22.9 Å². The van der Waals surface area contributed by atoms with Crippen molar-refractivity contribution in [3.8, 4) is 0 Å². The first-order chi connectivity index (χ1) is 10.0. The molecule has 1 aromatic carbocycles. The predicted molar refractivity (Wildman–Crippen MR) is 86.4 cm³/mol. The highest BCUT2D eigenvalue weighted by molar-refractivity contribution is 7.92. The minimum Gasteiger partial charge on any atom is -0.310 e. The van der Waals surface area contributed by atoms with Gasteiger partial charge in [-0.3, -0.25) is 4.72 Å². The lowest BCUT2D eigenvalue weighted by molar-refractivity contribution is 0.601. The van der Waals surface area contributed by atoms with E-state index in [4.69, 9.17) is 11.6 Å². The van der Waals surface area contributed by atoms with Gasteiger partial charge in [0.1, 0.15) is 0 Å². The highest BCUT2D eigenvalue weighted by Gasteiger charge is 2.21. The number of nitrogens with one attached hydrogen (secondary N) is 2. The molecule has 1 heterocycles. The number of sulfonamides is 1. The van der Waals surface area contributed by atoms with Gasteiger partial charge in [-0.15, -0.1) is 0 Å². The first-order valence-electron chi connectivity index (χ1n) is 6.61. The summed E-state index contributed by atoms with van der Waals surface area (Å²) in [4.78, 5) is 0.227. The van der Waals surface area contributed by atoms with Gasteiger partial charge in [0, 0.05) is 23.0 Å². The van der Waals surface area contributed by atoms with Crippen molar-refractivity contribution < 1.29 is 8.42 Å². The normalized spacial score (nSPS) is 15.1. The van der Waals surface area contributed by atoms with Gasteiger partial charge in [0.25, 0.3) is 10.0 Å². The number of rotatable bonds is 6. The molecule has 2 N–H and O–H groups in total. The quantitative estimate of drug-likeness (QED) is 0.845. The summed E-state index contributed by atoms with van der Waals surface area (Å²) in [5.41, 5.74) is 1.38. The Morgan fingerprint density at radius 3 is 2.76 bits per heavy atom. The summed E-state index contributed by atoms with van der Waals surface area (Å²) in [6.45, 7) is 0.589. The van der Waals surface area contributed by atoms with Gasteiger partial charge in [-0.25, -0.2) is 8.42 Å². The third-order valence-electron chi connectivity index (χ3n) is 3.26. The van der Waals surface area contributed by atoms with Crippen LogP contribution in [0.1, 0.15) is 18.4 Å². The van der Waals surface area contributed by atoms with Crippen LogP contribution in [0.4, 0.5) is 5.69 Å². The molecule has 0 amide bonds. The molecule has 3 rings (SSSR count). The molecule has 0 radical (unpaired) electrons. The summed E-state index contributed by atoms with van der Waals surface area (Å²) in [5.74, 6) is 0. The molecule has 0 aliphatic heterocycles. The molecule has 112 valence electrons. The second-order valence-electron chi connectivity index (χ2n) is 5.03. The van der Waals surface area contributed by atoms with Crippen molar-refractivity contribution in [3.63, 3.8) is 0 Å². The number of halogens is 1. The second-order valence-corrected chi connectivity index (χ2v) is 7.90. The standard InChI is InChI=1S/C14H15ClN2O2S2/c15-14-4-3-13(7-10(14)8-16-11-1-2-11)21(18,19)17-12-5-6-20-9-12/h3-7,9,11,16-17H,1-2,8H2. The lowest BCUT2D eigenvalue weighted by Crippen LogP contribution is -2.17. The Balaban J connectivity index is 1.81. The van der Waals surface area contributed by atoms with Gasteiger partial charge in [-0.05, 0) is 48.1 Å². The maximum Gasteiger partial charge on any atom is 0.261 e. The van der Waals surface area contributed by atoms with Crippen LogP contribution in [0.2, 0.25) is 5.02 Å². The Bertz CT molecular complexity index is 725. The fourth-order valence-electron chi connectivity index (χ4n) is 1.93. The first kappa shape index (κ1) is 14.8. The van der Waals surface area contributed by atoms with Gasteiger partial charge < -0.3 is 5.32 Å². The molecule has 1 fully saturated rings. The average molecular weight is 343 g/mol. The van der Waals surface area contributed by atoms with Gasteiger partial charge in [0.2, 0.25) is 0 Å². The lowest BCUT2D eigenvalue weighted by Gasteiger charge is -2.10. The maximum absolute atomic E-state index is 12.3. The summed E-state index contributed by atoms with van der Waals surface area (Å²) in [5, 5.41) is 7.50. The topological polar surface area (TPSA) is 58.2 Å². The van der Waals surface area contributed by atoms with Gasteiger partial charge in [0.05, 0.1) is 10.6 Å². The molecule has 1 aliphatic rings. The number of anilines is 1. The second kappa shape index (κ2) is 5.96. The van der Waals surface area contributed by atoms with Crippen molar-refractivity contribution in [2.24, 2.45) is 0 Å². The Morgan fingerprint density at radius 2 is 2.10 bits per heavy atom. The van der Waals surface area contributed by atoms with E-state index in [1.165, 1.54) is 30.2 Å². The molecule has 2 aromatic rings. The van der Waals surface area contributed by atoms with Gasteiger partial charge in [-0.2, -0.15) is 11.3 Å². The summed E-state index contributed by atoms with van der Waals surface area (Å²) < 4.78 is 27.2.